The summed E-state index contributed by atoms with van der Waals surface area (Å²) >= 11 is 0. The zero-order valence-electron chi connectivity index (χ0n) is 36.8. The van der Waals surface area contributed by atoms with Gasteiger partial charge in [0.1, 0.15) is 17.9 Å². The molecule has 0 bridgehead atoms. The molecular weight excluding hydrogens is 788 g/mol. The molecule has 9 atom stereocenters. The van der Waals surface area contributed by atoms with Gasteiger partial charge in [0, 0.05) is 49.4 Å². The number of rotatable bonds is 16. The first-order valence-corrected chi connectivity index (χ1v) is 22.7. The molecule has 4 aliphatic rings. The van der Waals surface area contributed by atoms with Crippen LogP contribution >= 0.6 is 0 Å². The molecule has 3 N–H and O–H groups in total. The minimum Gasteiger partial charge on any atom is -0.453 e. The van der Waals surface area contributed by atoms with E-state index < -0.39 is 18.2 Å². The van der Waals surface area contributed by atoms with Crippen LogP contribution in [0.3, 0.4) is 0 Å². The Morgan fingerprint density at radius 1 is 0.774 bits per heavy atom. The van der Waals surface area contributed by atoms with Gasteiger partial charge < -0.3 is 35.4 Å². The van der Waals surface area contributed by atoms with Gasteiger partial charge >= 0.3 is 6.09 Å². The molecule has 3 aromatic carbocycles. The highest BCUT2D eigenvalue weighted by Gasteiger charge is 2.43. The van der Waals surface area contributed by atoms with Crippen molar-refractivity contribution in [2.24, 2.45) is 11.8 Å². The Labute approximate surface area is 365 Å². The largest absolute Gasteiger partial charge is 0.453 e. The minimum absolute atomic E-state index is 0.00894. The summed E-state index contributed by atoms with van der Waals surface area (Å²) in [5.74, 6) is -0.452. The van der Waals surface area contributed by atoms with E-state index in [4.69, 9.17) is 4.74 Å². The number of anilines is 2. The van der Waals surface area contributed by atoms with Crippen LogP contribution in [0, 0.1) is 17.7 Å². The predicted octanol–water partition coefficient (Wildman–Crippen LogP) is 8.01. The molecule has 2 unspecified atom stereocenters. The van der Waals surface area contributed by atoms with Crippen molar-refractivity contribution in [3.8, 4) is 0 Å². The molecule has 3 aromatic rings. The maximum absolute atomic E-state index is 14.2. The quantitative estimate of drug-likeness (QED) is 0.123. The van der Waals surface area contributed by atoms with Gasteiger partial charge in [-0.25, -0.2) is 9.18 Å². The summed E-state index contributed by atoms with van der Waals surface area (Å²) in [6.07, 6.45) is 6.38. The van der Waals surface area contributed by atoms with Crippen LogP contribution in [0.4, 0.5) is 20.6 Å². The number of alkyl carbamates (subject to hydrolysis) is 1. The van der Waals surface area contributed by atoms with E-state index >= 15 is 0 Å². The van der Waals surface area contributed by atoms with Gasteiger partial charge in [0.25, 0.3) is 0 Å². The minimum atomic E-state index is -0.797. The number of ether oxygens (including phenoxy) is 1. The predicted molar refractivity (Wildman–Crippen MR) is 237 cm³/mol. The van der Waals surface area contributed by atoms with Crippen molar-refractivity contribution >= 4 is 41.0 Å². The average Bonchev–Trinajstić information content (AvgIpc) is 3.67. The SMILES string of the molecule is CC[C@@H](C)CC(=O)N1CCC[C@H]1C(=O)CC1NC1c1ccc([C@@H]2CC[C@H](c3ccc(NC(=O)[C@H]4CCCN4C(=O)[C@@H](NC(=O)OC)[C@H](C)CC)cc3)N2c2ccc(F)cc2)cc1. The summed E-state index contributed by atoms with van der Waals surface area (Å²) in [4.78, 5) is 71.6. The molecule has 4 aliphatic heterocycles. The molecule has 0 saturated carbocycles. The summed E-state index contributed by atoms with van der Waals surface area (Å²) in [6, 6.07) is 21.4. The first kappa shape index (κ1) is 44.7. The average molecular weight is 851 g/mol. The number of halogens is 1. The number of hydrogen-bond donors (Lipinski definition) is 3. The van der Waals surface area contributed by atoms with Crippen LogP contribution in [0.15, 0.2) is 72.8 Å². The number of methoxy groups -OCH3 is 1. The standard InChI is InChI=1S/C49H63FN6O6/c1-6-30(3)28-44(58)54-26-8-10-41(54)43(57)29-38-46(52-38)34-14-12-32(13-15-34)39-24-25-40(56(39)37-22-18-35(50)19-23-37)33-16-20-36(21-17-33)51-47(59)42-11-9-27-55(42)48(60)45(31(4)7-2)53-49(61)62-5/h12-23,30-31,38-42,45-46,52H,6-11,24-29H2,1-5H3,(H,51,59)(H,53,61)/t30-,31-,38?,39+,40-,41+,42-,45+,46?/m1/s1. The van der Waals surface area contributed by atoms with Crippen molar-refractivity contribution in [1.82, 2.24) is 20.4 Å². The molecule has 0 spiro atoms. The third-order valence-electron chi connectivity index (χ3n) is 13.8. The lowest BCUT2D eigenvalue weighted by atomic mass is 9.97. The number of nitrogens with zero attached hydrogens (tertiary/aromatic N) is 3. The van der Waals surface area contributed by atoms with Crippen LogP contribution in [-0.4, -0.2) is 83.8 Å². The normalized spacial score (nSPS) is 24.6. The van der Waals surface area contributed by atoms with Crippen molar-refractivity contribution in [2.45, 2.75) is 134 Å². The van der Waals surface area contributed by atoms with Gasteiger partial charge in [-0.1, -0.05) is 76.9 Å². The van der Waals surface area contributed by atoms with Gasteiger partial charge in [-0.3, -0.25) is 19.2 Å². The Kier molecular flexibility index (Phi) is 14.3. The maximum Gasteiger partial charge on any atom is 0.407 e. The van der Waals surface area contributed by atoms with Crippen molar-refractivity contribution in [3.05, 3.63) is 95.3 Å². The smallest absolute Gasteiger partial charge is 0.407 e. The molecule has 0 aromatic heterocycles. The van der Waals surface area contributed by atoms with E-state index in [1.165, 1.54) is 19.2 Å². The topological polar surface area (TPSA) is 150 Å². The van der Waals surface area contributed by atoms with E-state index in [1.54, 1.807) is 4.90 Å². The van der Waals surface area contributed by atoms with Gasteiger partial charge in [-0.05, 0) is 103 Å². The first-order chi connectivity index (χ1) is 29.9. The van der Waals surface area contributed by atoms with Gasteiger partial charge in [-0.2, -0.15) is 0 Å². The van der Waals surface area contributed by atoms with Crippen LogP contribution < -0.4 is 20.9 Å². The Morgan fingerprint density at radius 3 is 1.98 bits per heavy atom. The Morgan fingerprint density at radius 2 is 1.37 bits per heavy atom. The molecular formula is C49H63FN6O6. The number of hydrogen-bond acceptors (Lipinski definition) is 8. The Balaban J connectivity index is 0.997. The second-order valence-electron chi connectivity index (χ2n) is 17.8. The van der Waals surface area contributed by atoms with Crippen LogP contribution in [0.1, 0.15) is 127 Å². The highest BCUT2D eigenvalue weighted by Crippen LogP contribution is 2.47. The Bertz CT molecular complexity index is 2060. The number of carbonyl (C=O) groups is 5. The number of benzene rings is 3. The second-order valence-corrected chi connectivity index (χ2v) is 17.8. The molecule has 4 heterocycles. The third kappa shape index (κ3) is 9.98. The molecule has 0 aliphatic carbocycles. The van der Waals surface area contributed by atoms with Crippen LogP contribution in [-0.2, 0) is 23.9 Å². The third-order valence-corrected chi connectivity index (χ3v) is 13.8. The van der Waals surface area contributed by atoms with Crippen LogP contribution in [0.2, 0.25) is 0 Å². The van der Waals surface area contributed by atoms with Crippen LogP contribution in [0.25, 0.3) is 0 Å². The fraction of sp³-hybridized carbons (Fsp3) is 0.531. The van der Waals surface area contributed by atoms with Crippen LogP contribution in [0.5, 0.6) is 0 Å². The summed E-state index contributed by atoms with van der Waals surface area (Å²) in [6.45, 7) is 9.11. The summed E-state index contributed by atoms with van der Waals surface area (Å²) < 4.78 is 19.0. The van der Waals surface area contributed by atoms with E-state index in [-0.39, 0.29) is 65.4 Å². The van der Waals surface area contributed by atoms with Gasteiger partial charge in [0.05, 0.1) is 25.2 Å². The van der Waals surface area contributed by atoms with E-state index in [0.29, 0.717) is 56.8 Å². The zero-order chi connectivity index (χ0) is 44.1. The molecule has 4 fully saturated rings. The molecule has 12 nitrogen and oxygen atoms in total. The van der Waals surface area contributed by atoms with Gasteiger partial charge in [-0.15, -0.1) is 0 Å². The monoisotopic (exact) mass is 850 g/mol. The number of amides is 4. The molecule has 332 valence electrons. The lowest BCUT2D eigenvalue weighted by molar-refractivity contribution is -0.139. The lowest BCUT2D eigenvalue weighted by Crippen LogP contribution is -2.54. The summed E-state index contributed by atoms with van der Waals surface area (Å²) in [7, 11) is 1.26. The van der Waals surface area contributed by atoms with E-state index in [0.717, 1.165) is 54.5 Å². The molecule has 4 saturated heterocycles. The zero-order valence-corrected chi connectivity index (χ0v) is 36.8. The highest BCUT2D eigenvalue weighted by atomic mass is 19.1. The number of Topliss-reactive ketones (excluding diaryl/α,β-unsaturated/α-hetero) is 1. The van der Waals surface area contributed by atoms with E-state index in [9.17, 15) is 28.4 Å². The molecule has 13 heteroatoms. The number of carbonyl (C=O) groups excluding carboxylic acids is 5. The molecule has 62 heavy (non-hydrogen) atoms. The van der Waals surface area contributed by atoms with Crippen molar-refractivity contribution < 1.29 is 33.1 Å². The number of nitrogens with one attached hydrogen (secondary N) is 3. The summed E-state index contributed by atoms with van der Waals surface area (Å²) in [5, 5.41) is 9.21. The second kappa shape index (κ2) is 19.8. The van der Waals surface area contributed by atoms with Crippen molar-refractivity contribution in [3.63, 3.8) is 0 Å². The van der Waals surface area contributed by atoms with E-state index in [1.807, 2.05) is 55.1 Å². The number of likely N-dealkylation sites (tertiary alicyclic amines) is 2. The fourth-order valence-electron chi connectivity index (χ4n) is 9.72. The van der Waals surface area contributed by atoms with Crippen molar-refractivity contribution in [2.75, 3.05) is 30.4 Å². The molecule has 7 rings (SSSR count). The van der Waals surface area contributed by atoms with E-state index in [2.05, 4.69) is 59.0 Å². The fourth-order valence-corrected chi connectivity index (χ4v) is 9.72. The number of ketones is 1. The highest BCUT2D eigenvalue weighted by molar-refractivity contribution is 5.98. The Hall–Kier alpha value is -5.30. The molecule has 4 amide bonds. The summed E-state index contributed by atoms with van der Waals surface area (Å²) in [5.41, 5.74) is 4.86. The maximum atomic E-state index is 14.2. The van der Waals surface area contributed by atoms with Gasteiger partial charge in [0.2, 0.25) is 17.7 Å². The van der Waals surface area contributed by atoms with Crippen molar-refractivity contribution in [1.29, 1.82) is 0 Å². The molecule has 0 radical (unpaired) electrons. The van der Waals surface area contributed by atoms with Gasteiger partial charge in [0.15, 0.2) is 5.78 Å². The first-order valence-electron chi connectivity index (χ1n) is 22.7. The lowest BCUT2D eigenvalue weighted by Gasteiger charge is -2.33.